The van der Waals surface area contributed by atoms with E-state index in [4.69, 9.17) is 9.97 Å². The summed E-state index contributed by atoms with van der Waals surface area (Å²) in [5, 5.41) is 4.12. The van der Waals surface area contributed by atoms with Crippen LogP contribution in [-0.2, 0) is 24.7 Å². The van der Waals surface area contributed by atoms with E-state index in [9.17, 15) is 9.59 Å². The molecule has 2 aliphatic heterocycles. The van der Waals surface area contributed by atoms with Crippen molar-refractivity contribution in [3.63, 3.8) is 0 Å². The van der Waals surface area contributed by atoms with Crippen LogP contribution in [0.25, 0.3) is 0 Å². The van der Waals surface area contributed by atoms with E-state index in [1.165, 1.54) is 5.56 Å². The van der Waals surface area contributed by atoms with Crippen LogP contribution in [-0.4, -0.2) is 56.1 Å². The standard InChI is InChI=1S/C25H28N6O2/c1-17-21-13-22(32)31(12-10-18-7-4-3-5-8-18)24(21)28-23(27-17)19-9-6-11-30(16-19)25(33)20-14-26-29(2)15-20/h3-5,7-8,14-15,19H,6,9-13,16H2,1-2H3/t19-/m0/s1. The number of carbonyl (C=O) groups excluding carboxylic acids is 2. The average Bonchev–Trinajstić information content (AvgIpc) is 3.41. The topological polar surface area (TPSA) is 84.2 Å². The lowest BCUT2D eigenvalue weighted by atomic mass is 9.96. The maximum absolute atomic E-state index is 12.9. The lowest BCUT2D eigenvalue weighted by molar-refractivity contribution is -0.117. The molecule has 1 saturated heterocycles. The molecule has 0 bridgehead atoms. The number of hydrogen-bond donors (Lipinski definition) is 0. The summed E-state index contributed by atoms with van der Waals surface area (Å²) in [6.45, 7) is 3.85. The van der Waals surface area contributed by atoms with E-state index in [1.807, 2.05) is 42.0 Å². The number of nitrogens with zero attached hydrogens (tertiary/aromatic N) is 6. The van der Waals surface area contributed by atoms with E-state index >= 15 is 0 Å². The molecule has 0 aliphatic carbocycles. The lowest BCUT2D eigenvalue weighted by Gasteiger charge is -2.32. The maximum atomic E-state index is 12.9. The highest BCUT2D eigenvalue weighted by Crippen LogP contribution is 2.33. The van der Waals surface area contributed by atoms with Crippen molar-refractivity contribution in [1.82, 2.24) is 24.6 Å². The zero-order valence-corrected chi connectivity index (χ0v) is 19.1. The molecule has 5 rings (SSSR count). The quantitative estimate of drug-likeness (QED) is 0.604. The van der Waals surface area contributed by atoms with Gasteiger partial charge in [0, 0.05) is 50.1 Å². The molecule has 170 valence electrons. The molecule has 4 heterocycles. The Balaban J connectivity index is 1.36. The first-order chi connectivity index (χ1) is 16.0. The van der Waals surface area contributed by atoms with E-state index in [0.29, 0.717) is 25.1 Å². The first kappa shape index (κ1) is 21.3. The zero-order chi connectivity index (χ0) is 22.9. The van der Waals surface area contributed by atoms with Crippen LogP contribution in [0.3, 0.4) is 0 Å². The van der Waals surface area contributed by atoms with Crippen LogP contribution in [0.1, 0.15) is 51.8 Å². The van der Waals surface area contributed by atoms with Crippen LogP contribution in [0.4, 0.5) is 5.82 Å². The number of aryl methyl sites for hydroxylation is 2. The molecule has 8 nitrogen and oxygen atoms in total. The minimum absolute atomic E-state index is 0.00894. The highest BCUT2D eigenvalue weighted by molar-refractivity contribution is 6.00. The van der Waals surface area contributed by atoms with Crippen LogP contribution in [0.2, 0.25) is 0 Å². The SMILES string of the molecule is Cc1nc([C@H]2CCCN(C(=O)c3cnn(C)c3)C2)nc2c1CC(=O)N2CCc1ccccc1. The van der Waals surface area contributed by atoms with Gasteiger partial charge >= 0.3 is 0 Å². The highest BCUT2D eigenvalue weighted by atomic mass is 16.2. The second-order valence-electron chi connectivity index (χ2n) is 8.92. The van der Waals surface area contributed by atoms with E-state index < -0.39 is 0 Å². The van der Waals surface area contributed by atoms with Crippen molar-refractivity contribution >= 4 is 17.6 Å². The smallest absolute Gasteiger partial charge is 0.257 e. The molecule has 0 radical (unpaired) electrons. The first-order valence-corrected chi connectivity index (χ1v) is 11.5. The number of hydrogen-bond acceptors (Lipinski definition) is 5. The van der Waals surface area contributed by atoms with Gasteiger partial charge in [-0.2, -0.15) is 5.10 Å². The molecule has 3 aromatic rings. The molecule has 0 unspecified atom stereocenters. The highest BCUT2D eigenvalue weighted by Gasteiger charge is 2.34. The Morgan fingerprint density at radius 3 is 2.76 bits per heavy atom. The third-order valence-electron chi connectivity index (χ3n) is 6.59. The number of fused-ring (bicyclic) bond motifs is 1. The minimum atomic E-state index is -0.00894. The van der Waals surface area contributed by atoms with Gasteiger partial charge in [0.1, 0.15) is 11.6 Å². The summed E-state index contributed by atoms with van der Waals surface area (Å²) in [7, 11) is 1.81. The van der Waals surface area contributed by atoms with Gasteiger partial charge in [0.25, 0.3) is 5.91 Å². The lowest BCUT2D eigenvalue weighted by Crippen LogP contribution is -2.39. The van der Waals surface area contributed by atoms with E-state index in [0.717, 1.165) is 48.7 Å². The summed E-state index contributed by atoms with van der Waals surface area (Å²) in [4.78, 5) is 39.1. The van der Waals surface area contributed by atoms with Crippen molar-refractivity contribution < 1.29 is 9.59 Å². The third kappa shape index (κ3) is 4.25. The molecule has 2 amide bonds. The predicted octanol–water partition coefficient (Wildman–Crippen LogP) is 2.67. The summed E-state index contributed by atoms with van der Waals surface area (Å²) in [5.41, 5.74) is 3.58. The molecule has 2 aliphatic rings. The molecule has 1 fully saturated rings. The van der Waals surface area contributed by atoms with Crippen molar-refractivity contribution in [1.29, 1.82) is 0 Å². The second kappa shape index (κ2) is 8.77. The minimum Gasteiger partial charge on any atom is -0.338 e. The molecular weight excluding hydrogens is 416 g/mol. The summed E-state index contributed by atoms with van der Waals surface area (Å²) in [5.74, 6) is 1.59. The number of benzene rings is 1. The Kier molecular flexibility index (Phi) is 5.66. The van der Waals surface area contributed by atoms with Crippen LogP contribution < -0.4 is 4.90 Å². The normalized spacial score (nSPS) is 18.0. The number of aromatic nitrogens is 4. The zero-order valence-electron chi connectivity index (χ0n) is 19.1. The number of anilines is 1. The predicted molar refractivity (Wildman–Crippen MR) is 124 cm³/mol. The van der Waals surface area contributed by atoms with Crippen molar-refractivity contribution in [3.8, 4) is 0 Å². The molecule has 33 heavy (non-hydrogen) atoms. The van der Waals surface area contributed by atoms with Gasteiger partial charge in [-0.1, -0.05) is 30.3 Å². The Morgan fingerprint density at radius 1 is 1.18 bits per heavy atom. The van der Waals surface area contributed by atoms with Crippen molar-refractivity contribution in [3.05, 3.63) is 70.9 Å². The fourth-order valence-corrected chi connectivity index (χ4v) is 4.78. The van der Waals surface area contributed by atoms with Gasteiger partial charge in [0.2, 0.25) is 5.91 Å². The number of rotatable bonds is 5. The van der Waals surface area contributed by atoms with Gasteiger partial charge < -0.3 is 4.90 Å². The monoisotopic (exact) mass is 444 g/mol. The largest absolute Gasteiger partial charge is 0.338 e. The maximum Gasteiger partial charge on any atom is 0.257 e. The van der Waals surface area contributed by atoms with Crippen LogP contribution >= 0.6 is 0 Å². The van der Waals surface area contributed by atoms with Gasteiger partial charge in [-0.3, -0.25) is 19.2 Å². The molecule has 1 atom stereocenters. The average molecular weight is 445 g/mol. The van der Waals surface area contributed by atoms with Gasteiger partial charge in [0.15, 0.2) is 0 Å². The van der Waals surface area contributed by atoms with E-state index in [1.54, 1.807) is 17.1 Å². The van der Waals surface area contributed by atoms with Crippen molar-refractivity contribution in [2.24, 2.45) is 7.05 Å². The Hall–Kier alpha value is -3.55. The number of amides is 2. The van der Waals surface area contributed by atoms with Crippen LogP contribution in [0, 0.1) is 6.92 Å². The number of likely N-dealkylation sites (tertiary alicyclic amines) is 1. The van der Waals surface area contributed by atoms with E-state index in [-0.39, 0.29) is 17.7 Å². The van der Waals surface area contributed by atoms with Crippen molar-refractivity contribution in [2.75, 3.05) is 24.5 Å². The second-order valence-corrected chi connectivity index (χ2v) is 8.92. The number of carbonyl (C=O) groups is 2. The molecular formula is C25H28N6O2. The number of piperidine rings is 1. The Morgan fingerprint density at radius 2 is 2.00 bits per heavy atom. The Bertz CT molecular complexity index is 1190. The summed E-state index contributed by atoms with van der Waals surface area (Å²) < 4.78 is 1.64. The van der Waals surface area contributed by atoms with Gasteiger partial charge in [-0.25, -0.2) is 9.97 Å². The summed E-state index contributed by atoms with van der Waals surface area (Å²) >= 11 is 0. The van der Waals surface area contributed by atoms with Crippen molar-refractivity contribution in [2.45, 2.75) is 38.5 Å². The van der Waals surface area contributed by atoms with Gasteiger partial charge in [-0.05, 0) is 31.7 Å². The fraction of sp³-hybridized carbons (Fsp3) is 0.400. The molecule has 0 saturated carbocycles. The molecule has 0 N–H and O–H groups in total. The third-order valence-corrected chi connectivity index (χ3v) is 6.59. The molecule has 2 aromatic heterocycles. The Labute approximate surface area is 193 Å². The molecule has 0 spiro atoms. The fourth-order valence-electron chi connectivity index (χ4n) is 4.78. The van der Waals surface area contributed by atoms with E-state index in [2.05, 4.69) is 17.2 Å². The van der Waals surface area contributed by atoms with Crippen LogP contribution in [0.15, 0.2) is 42.7 Å². The molecule has 1 aromatic carbocycles. The first-order valence-electron chi connectivity index (χ1n) is 11.5. The molecule has 8 heteroatoms. The van der Waals surface area contributed by atoms with Gasteiger partial charge in [-0.15, -0.1) is 0 Å². The van der Waals surface area contributed by atoms with Gasteiger partial charge in [0.05, 0.1) is 18.2 Å². The summed E-state index contributed by atoms with van der Waals surface area (Å²) in [6, 6.07) is 10.2. The van der Waals surface area contributed by atoms with Crippen LogP contribution in [0.5, 0.6) is 0 Å². The summed E-state index contributed by atoms with van der Waals surface area (Å²) in [6.07, 6.45) is 6.31.